The molecular formula is C74H104N4O8. The van der Waals surface area contributed by atoms with Gasteiger partial charge in [-0.1, -0.05) is 131 Å². The van der Waals surface area contributed by atoms with Crippen LogP contribution in [-0.4, -0.2) is 84.0 Å². The summed E-state index contributed by atoms with van der Waals surface area (Å²) in [5.41, 5.74) is 4.88. The van der Waals surface area contributed by atoms with Gasteiger partial charge in [0.25, 0.3) is 23.6 Å². The Bertz CT molecular complexity index is 2800. The zero-order chi connectivity index (χ0) is 60.8. The Kier molecular flexibility index (Phi) is 16.9. The zero-order valence-electron chi connectivity index (χ0n) is 54.1. The van der Waals surface area contributed by atoms with Crippen molar-refractivity contribution in [2.24, 2.45) is 92.7 Å². The summed E-state index contributed by atoms with van der Waals surface area (Å²) < 4.78 is 12.1. The molecule has 0 spiro atoms. The molecule has 8 aliphatic carbocycles. The molecule has 0 aromatic heterocycles. The number of alkyl carbamates (subject to hydrolysis) is 2. The molecule has 86 heavy (non-hydrogen) atoms. The number of hydrogen-bond acceptors (Lipinski definition) is 8. The maximum Gasteiger partial charge on any atom is 0.407 e. The van der Waals surface area contributed by atoms with Gasteiger partial charge in [0.2, 0.25) is 0 Å². The minimum atomic E-state index is -0.559. The fourth-order valence-electron chi connectivity index (χ4n) is 21.8. The van der Waals surface area contributed by atoms with Gasteiger partial charge >= 0.3 is 12.2 Å². The van der Waals surface area contributed by atoms with E-state index in [1.165, 1.54) is 101 Å². The molecule has 2 aliphatic heterocycles. The first-order valence-corrected chi connectivity index (χ1v) is 34.7. The second-order valence-electron chi connectivity index (χ2n) is 31.6. The van der Waals surface area contributed by atoms with E-state index >= 15 is 0 Å². The number of carbonyl (C=O) groups is 6. The van der Waals surface area contributed by atoms with Gasteiger partial charge in [-0.3, -0.25) is 29.0 Å². The van der Waals surface area contributed by atoms with Gasteiger partial charge in [-0.15, -0.1) is 0 Å². The molecule has 2 aromatic carbocycles. The first-order chi connectivity index (χ1) is 41.0. The van der Waals surface area contributed by atoms with E-state index < -0.39 is 35.8 Å². The summed E-state index contributed by atoms with van der Waals surface area (Å²) in [6.07, 6.45) is 29.6. The first kappa shape index (κ1) is 61.2. The van der Waals surface area contributed by atoms with E-state index in [9.17, 15) is 28.8 Å². The Hall–Kier alpha value is -5.00. The molecule has 2 heterocycles. The highest BCUT2D eigenvalue weighted by Crippen LogP contribution is 2.69. The van der Waals surface area contributed by atoms with Crippen LogP contribution >= 0.6 is 0 Å². The van der Waals surface area contributed by atoms with Crippen molar-refractivity contribution in [2.75, 3.05) is 26.2 Å². The SMILES string of the molecule is CC(C)CCC[C@@H](C)[C@H]1CC[C@H]2[C@@H]3CC=C4CC(OC(=O)NCCN5C(=O)c6ccc7c8c(ccc(c68)C5=O)C(=O)N(CCNC(=O)OC5CC[C@@]6(C)C(=CC[C@H]8[C@@H]9CC[C@H]([C@H](C)CCCC(C)C)[C@@]9(C)CC[C@@H]86)C5)C7=O)CC[C@]4(C)[C@H]3CC[C@]12C. The molecule has 0 bridgehead atoms. The van der Waals surface area contributed by atoms with Crippen molar-refractivity contribution in [3.63, 3.8) is 0 Å². The number of amides is 6. The van der Waals surface area contributed by atoms with Crippen LogP contribution in [0.2, 0.25) is 0 Å². The first-order valence-electron chi connectivity index (χ1n) is 34.7. The standard InChI is InChI=1S/C74H104N4O8/c1-43(2)13-11-15-45(5)57-25-27-59-51-19-17-47-41-49(29-33-71(47,7)61(51)31-35-73(57,59)9)85-69(83)75-37-39-77-65(79)53-21-23-55-64-56(24-22-54(63(53)64)66(77)80)68(82)78(67(55)81)40-38-76-70(84)86-50-30-34-72(8)48(42-50)18-20-52-60-28-26-58(46(6)16-12-14-44(3)4)74(60,10)36-32-62(52)72/h17-18,21-24,43-46,49-52,57-62H,11-16,19-20,25-42H2,1-10H3,(H,75,83)(H,76,84)/t45-,46-,49?,50?,51+,52+,57-,58-,59+,60+,61+,62+,71+,72+,73-,74-/m1/s1. The van der Waals surface area contributed by atoms with Crippen LogP contribution in [0.1, 0.15) is 252 Å². The summed E-state index contributed by atoms with van der Waals surface area (Å²) >= 11 is 0. The second kappa shape index (κ2) is 23.7. The van der Waals surface area contributed by atoms with E-state index in [-0.39, 0.29) is 82.2 Å². The predicted molar refractivity (Wildman–Crippen MR) is 337 cm³/mol. The largest absolute Gasteiger partial charge is 0.446 e. The molecular weight excluding hydrogens is 1070 g/mol. The molecule has 0 radical (unpaired) electrons. The van der Waals surface area contributed by atoms with Crippen LogP contribution in [0.15, 0.2) is 47.6 Å². The highest BCUT2D eigenvalue weighted by atomic mass is 16.6. The van der Waals surface area contributed by atoms with E-state index in [0.717, 1.165) is 120 Å². The topological polar surface area (TPSA) is 151 Å². The third-order valence-electron chi connectivity index (χ3n) is 26.3. The maximum atomic E-state index is 14.1. The van der Waals surface area contributed by atoms with Gasteiger partial charge in [-0.25, -0.2) is 9.59 Å². The fourth-order valence-corrected chi connectivity index (χ4v) is 21.8. The number of hydrogen-bond donors (Lipinski definition) is 2. The van der Waals surface area contributed by atoms with Crippen molar-refractivity contribution in [2.45, 2.75) is 223 Å². The van der Waals surface area contributed by atoms with Crippen molar-refractivity contribution in [3.05, 3.63) is 69.8 Å². The molecule has 6 saturated carbocycles. The molecule has 6 amide bonds. The monoisotopic (exact) mass is 1180 g/mol. The Labute approximate surface area is 514 Å². The summed E-state index contributed by atoms with van der Waals surface area (Å²) in [6, 6.07) is 6.19. The highest BCUT2D eigenvalue weighted by molar-refractivity contribution is 6.33. The minimum absolute atomic E-state index is 0.00463. The smallest absolute Gasteiger partial charge is 0.407 e. The van der Waals surface area contributed by atoms with E-state index in [1.807, 2.05) is 0 Å². The van der Waals surface area contributed by atoms with Crippen LogP contribution in [0.5, 0.6) is 0 Å². The van der Waals surface area contributed by atoms with Gasteiger partial charge < -0.3 is 20.1 Å². The number of rotatable bonds is 18. The third-order valence-corrected chi connectivity index (χ3v) is 26.3. The lowest BCUT2D eigenvalue weighted by atomic mass is 9.47. The molecule has 2 unspecified atom stereocenters. The average Bonchev–Trinajstić information content (AvgIpc) is 1.13. The molecule has 12 rings (SSSR count). The number of carbonyl (C=O) groups excluding carboxylic acids is 6. The summed E-state index contributed by atoms with van der Waals surface area (Å²) in [5.74, 6) is 6.89. The minimum Gasteiger partial charge on any atom is -0.446 e. The quantitative estimate of drug-likeness (QED) is 0.111. The van der Waals surface area contributed by atoms with E-state index in [2.05, 4.69) is 92.0 Å². The van der Waals surface area contributed by atoms with Crippen molar-refractivity contribution in [3.8, 4) is 0 Å². The number of fused-ring (bicyclic) bond motifs is 10. The van der Waals surface area contributed by atoms with Crippen LogP contribution < -0.4 is 10.6 Å². The van der Waals surface area contributed by atoms with Gasteiger partial charge in [0.05, 0.1) is 0 Å². The Morgan fingerprint density at radius 3 is 1.23 bits per heavy atom. The molecule has 16 atom stereocenters. The van der Waals surface area contributed by atoms with Gasteiger partial charge in [0, 0.05) is 72.0 Å². The van der Waals surface area contributed by atoms with Crippen LogP contribution in [0.4, 0.5) is 9.59 Å². The normalized spacial score (nSPS) is 35.9. The average molecular weight is 1180 g/mol. The fraction of sp³-hybridized carbons (Fsp3) is 0.730. The maximum absolute atomic E-state index is 14.1. The molecule has 12 heteroatoms. The van der Waals surface area contributed by atoms with Gasteiger partial charge in [0.1, 0.15) is 12.2 Å². The predicted octanol–water partition coefficient (Wildman–Crippen LogP) is 16.3. The number of benzene rings is 2. The highest BCUT2D eigenvalue weighted by Gasteiger charge is 2.61. The van der Waals surface area contributed by atoms with Crippen molar-refractivity contribution >= 4 is 46.6 Å². The molecule has 0 saturated heterocycles. The Balaban J connectivity index is 0.605. The lowest BCUT2D eigenvalue weighted by Crippen LogP contribution is -2.51. The molecule has 10 aliphatic rings. The van der Waals surface area contributed by atoms with Crippen molar-refractivity contribution < 1.29 is 38.2 Å². The Morgan fingerprint density at radius 2 is 0.872 bits per heavy atom. The van der Waals surface area contributed by atoms with Crippen LogP contribution in [0.3, 0.4) is 0 Å². The van der Waals surface area contributed by atoms with Gasteiger partial charge in [0.15, 0.2) is 0 Å². The number of nitrogens with zero attached hydrogens (tertiary/aromatic N) is 2. The summed E-state index contributed by atoms with van der Waals surface area (Å²) in [6.45, 7) is 24.6. The lowest BCUT2D eigenvalue weighted by Gasteiger charge is -2.58. The van der Waals surface area contributed by atoms with Crippen molar-refractivity contribution in [1.82, 2.24) is 20.4 Å². The van der Waals surface area contributed by atoms with E-state index in [0.29, 0.717) is 22.7 Å². The summed E-state index contributed by atoms with van der Waals surface area (Å²) in [7, 11) is 0. The molecule has 12 nitrogen and oxygen atoms in total. The molecule has 2 N–H and O–H groups in total. The van der Waals surface area contributed by atoms with Gasteiger partial charge in [-0.2, -0.15) is 0 Å². The number of imide groups is 2. The van der Waals surface area contributed by atoms with Crippen LogP contribution in [0.25, 0.3) is 10.8 Å². The lowest BCUT2D eigenvalue weighted by molar-refractivity contribution is -0.0581. The van der Waals surface area contributed by atoms with Crippen LogP contribution in [-0.2, 0) is 9.47 Å². The van der Waals surface area contributed by atoms with E-state index in [4.69, 9.17) is 9.47 Å². The number of ether oxygens (including phenoxy) is 2. The van der Waals surface area contributed by atoms with Gasteiger partial charge in [-0.05, 0) is 207 Å². The second-order valence-corrected chi connectivity index (χ2v) is 31.6. The Morgan fingerprint density at radius 1 is 0.500 bits per heavy atom. The molecule has 6 fully saturated rings. The van der Waals surface area contributed by atoms with Crippen LogP contribution in [0, 0.1) is 92.7 Å². The molecule has 2 aromatic rings. The number of allylic oxidation sites excluding steroid dienone is 2. The number of nitrogens with one attached hydrogen (secondary N) is 2. The molecule has 468 valence electrons. The van der Waals surface area contributed by atoms with E-state index in [1.54, 1.807) is 24.3 Å². The summed E-state index contributed by atoms with van der Waals surface area (Å²) in [4.78, 5) is 85.5. The zero-order valence-corrected chi connectivity index (χ0v) is 54.1. The van der Waals surface area contributed by atoms with Crippen molar-refractivity contribution in [1.29, 1.82) is 0 Å². The summed E-state index contributed by atoms with van der Waals surface area (Å²) in [5, 5.41) is 6.22. The third kappa shape index (κ3) is 10.6.